The van der Waals surface area contributed by atoms with Crippen LogP contribution in [0.1, 0.15) is 58.3 Å². The van der Waals surface area contributed by atoms with Crippen molar-refractivity contribution >= 4 is 0 Å². The van der Waals surface area contributed by atoms with E-state index in [-0.39, 0.29) is 12.8 Å². The van der Waals surface area contributed by atoms with Crippen molar-refractivity contribution in [2.75, 3.05) is 0 Å². The van der Waals surface area contributed by atoms with Crippen LogP contribution in [0.25, 0.3) is 0 Å². The predicted molar refractivity (Wildman–Crippen MR) is 109 cm³/mol. The van der Waals surface area contributed by atoms with E-state index in [9.17, 15) is 30.7 Å². The molecular formula is C24H27F7O2. The second kappa shape index (κ2) is 10.8. The van der Waals surface area contributed by atoms with E-state index in [1.165, 1.54) is 0 Å². The first-order chi connectivity index (χ1) is 15.6. The Balaban J connectivity index is 1.58. The second-order valence-electron chi connectivity index (χ2n) is 8.83. The second-order valence-corrected chi connectivity index (χ2v) is 8.83. The SMILES string of the molecule is C/C=C/C1CCC(C2CCC(C(F)(F)Oc3cc(F)c(OC(F)=C(F)F)c(F)c3)CC2)CC1. The van der Waals surface area contributed by atoms with Crippen LogP contribution in [0.2, 0.25) is 0 Å². The Morgan fingerprint density at radius 3 is 1.88 bits per heavy atom. The van der Waals surface area contributed by atoms with Gasteiger partial charge in [-0.3, -0.25) is 0 Å². The topological polar surface area (TPSA) is 18.5 Å². The predicted octanol–water partition coefficient (Wildman–Crippen LogP) is 8.54. The summed E-state index contributed by atoms with van der Waals surface area (Å²) >= 11 is 0. The highest BCUT2D eigenvalue weighted by molar-refractivity contribution is 5.36. The molecule has 184 valence electrons. The van der Waals surface area contributed by atoms with Gasteiger partial charge in [0.15, 0.2) is 11.6 Å². The van der Waals surface area contributed by atoms with E-state index in [1.54, 1.807) is 0 Å². The molecule has 1 aromatic carbocycles. The third-order valence-corrected chi connectivity index (χ3v) is 6.76. The van der Waals surface area contributed by atoms with E-state index in [0.29, 0.717) is 42.7 Å². The smallest absolute Gasteiger partial charge is 0.400 e. The maximum atomic E-state index is 14.7. The molecule has 0 atom stereocenters. The molecule has 2 nitrogen and oxygen atoms in total. The molecule has 0 N–H and O–H groups in total. The molecule has 2 saturated carbocycles. The largest absolute Gasteiger partial charge is 0.432 e. The third-order valence-electron chi connectivity index (χ3n) is 6.76. The first-order valence-electron chi connectivity index (χ1n) is 11.2. The molecule has 9 heteroatoms. The molecule has 0 spiro atoms. The molecule has 3 rings (SSSR count). The molecule has 0 aliphatic heterocycles. The monoisotopic (exact) mass is 480 g/mol. The minimum Gasteiger partial charge on any atom is -0.432 e. The summed E-state index contributed by atoms with van der Waals surface area (Å²) in [5.41, 5.74) is 0. The first-order valence-corrected chi connectivity index (χ1v) is 11.2. The van der Waals surface area contributed by atoms with Gasteiger partial charge in [-0.1, -0.05) is 12.2 Å². The normalized spacial score (nSPS) is 26.3. The van der Waals surface area contributed by atoms with Crippen molar-refractivity contribution < 1.29 is 40.2 Å². The number of rotatable bonds is 7. The van der Waals surface area contributed by atoms with E-state index in [2.05, 4.69) is 21.6 Å². The standard InChI is InChI=1S/C24H27F7O2/c1-2-3-14-4-6-15(7-5-14)16-8-10-17(11-9-16)24(30,31)33-18-12-19(25)21(20(26)13-18)32-23(29)22(27)28/h2-3,12-17H,4-11H2,1H3/b3-2+. The van der Waals surface area contributed by atoms with E-state index in [4.69, 9.17) is 0 Å². The number of allylic oxidation sites excluding steroid dienone is 2. The Labute approximate surface area is 188 Å². The summed E-state index contributed by atoms with van der Waals surface area (Å²) in [5.74, 6) is -5.20. The summed E-state index contributed by atoms with van der Waals surface area (Å²) in [6.45, 7) is 2.01. The molecule has 0 saturated heterocycles. The minimum absolute atomic E-state index is 0.227. The highest BCUT2D eigenvalue weighted by atomic mass is 19.3. The summed E-state index contributed by atoms with van der Waals surface area (Å²) < 4.78 is 103. The Kier molecular flexibility index (Phi) is 8.34. The van der Waals surface area contributed by atoms with Crippen molar-refractivity contribution in [3.05, 3.63) is 48.0 Å². The summed E-state index contributed by atoms with van der Waals surface area (Å²) in [7, 11) is 0. The van der Waals surface area contributed by atoms with Crippen molar-refractivity contribution in [3.8, 4) is 11.5 Å². The fourth-order valence-corrected chi connectivity index (χ4v) is 5.07. The average Bonchev–Trinajstić information content (AvgIpc) is 2.76. The molecule has 0 bridgehead atoms. The van der Waals surface area contributed by atoms with E-state index in [1.807, 2.05) is 6.92 Å². The van der Waals surface area contributed by atoms with Crippen molar-refractivity contribution in [3.63, 3.8) is 0 Å². The van der Waals surface area contributed by atoms with Gasteiger partial charge in [-0.05, 0) is 76.0 Å². The fraction of sp³-hybridized carbons (Fsp3) is 0.583. The number of ether oxygens (including phenoxy) is 2. The van der Waals surface area contributed by atoms with Crippen LogP contribution in [0.5, 0.6) is 11.5 Å². The molecule has 0 heterocycles. The first kappa shape index (κ1) is 25.4. The lowest BCUT2D eigenvalue weighted by molar-refractivity contribution is -0.224. The van der Waals surface area contributed by atoms with Crippen LogP contribution < -0.4 is 9.47 Å². The van der Waals surface area contributed by atoms with Gasteiger partial charge < -0.3 is 9.47 Å². The summed E-state index contributed by atoms with van der Waals surface area (Å²) in [4.78, 5) is 0. The maximum Gasteiger partial charge on any atom is 0.400 e. The molecule has 0 unspecified atom stereocenters. The van der Waals surface area contributed by atoms with E-state index >= 15 is 0 Å². The summed E-state index contributed by atoms with van der Waals surface area (Å²) in [5, 5.41) is 0. The highest BCUT2D eigenvalue weighted by Crippen LogP contribution is 2.46. The van der Waals surface area contributed by atoms with Crippen molar-refractivity contribution in [1.82, 2.24) is 0 Å². The summed E-state index contributed by atoms with van der Waals surface area (Å²) in [6, 6.07) is -1.78. The molecule has 33 heavy (non-hydrogen) atoms. The Bertz CT molecular complexity index is 841. The maximum absolute atomic E-state index is 14.7. The minimum atomic E-state index is -3.67. The number of alkyl halides is 2. The Morgan fingerprint density at radius 1 is 0.879 bits per heavy atom. The lowest BCUT2D eigenvalue weighted by atomic mass is 9.69. The van der Waals surface area contributed by atoms with Crippen LogP contribution in [-0.4, -0.2) is 6.11 Å². The van der Waals surface area contributed by atoms with Gasteiger partial charge in [-0.2, -0.15) is 22.0 Å². The number of hydrogen-bond donors (Lipinski definition) is 0. The zero-order valence-electron chi connectivity index (χ0n) is 18.2. The van der Waals surface area contributed by atoms with Gasteiger partial charge in [0, 0.05) is 12.1 Å². The fourth-order valence-electron chi connectivity index (χ4n) is 5.07. The van der Waals surface area contributed by atoms with Gasteiger partial charge in [0.1, 0.15) is 5.75 Å². The zero-order chi connectivity index (χ0) is 24.2. The molecule has 2 aliphatic rings. The van der Waals surface area contributed by atoms with Crippen LogP contribution in [-0.2, 0) is 0 Å². The van der Waals surface area contributed by atoms with E-state index < -0.39 is 47.3 Å². The van der Waals surface area contributed by atoms with Crippen LogP contribution in [0.15, 0.2) is 36.4 Å². The van der Waals surface area contributed by atoms with Crippen molar-refractivity contribution in [1.29, 1.82) is 0 Å². The van der Waals surface area contributed by atoms with Gasteiger partial charge in [-0.25, -0.2) is 8.78 Å². The molecule has 0 amide bonds. The third kappa shape index (κ3) is 6.44. The Morgan fingerprint density at radius 2 is 1.39 bits per heavy atom. The van der Waals surface area contributed by atoms with Crippen molar-refractivity contribution in [2.24, 2.45) is 23.7 Å². The van der Waals surface area contributed by atoms with Gasteiger partial charge in [0.25, 0.3) is 0 Å². The quantitative estimate of drug-likeness (QED) is 0.221. The van der Waals surface area contributed by atoms with E-state index in [0.717, 1.165) is 25.7 Å². The summed E-state index contributed by atoms with van der Waals surface area (Å²) in [6.07, 6.45) is 3.83. The van der Waals surface area contributed by atoms with Crippen LogP contribution in [0, 0.1) is 35.3 Å². The zero-order valence-corrected chi connectivity index (χ0v) is 18.2. The van der Waals surface area contributed by atoms with Crippen molar-refractivity contribution in [2.45, 2.75) is 64.4 Å². The van der Waals surface area contributed by atoms with Gasteiger partial charge in [0.2, 0.25) is 5.75 Å². The number of halogens is 7. The lowest BCUT2D eigenvalue weighted by Gasteiger charge is -2.39. The van der Waals surface area contributed by atoms with Gasteiger partial charge >= 0.3 is 18.2 Å². The van der Waals surface area contributed by atoms with Crippen LogP contribution >= 0.6 is 0 Å². The highest BCUT2D eigenvalue weighted by Gasteiger charge is 2.45. The molecule has 2 fully saturated rings. The lowest BCUT2D eigenvalue weighted by Crippen LogP contribution is -2.38. The number of benzene rings is 1. The van der Waals surface area contributed by atoms with Crippen LogP contribution in [0.4, 0.5) is 30.7 Å². The van der Waals surface area contributed by atoms with Crippen LogP contribution in [0.3, 0.4) is 0 Å². The molecule has 1 aromatic rings. The van der Waals surface area contributed by atoms with Gasteiger partial charge in [-0.15, -0.1) is 0 Å². The van der Waals surface area contributed by atoms with Gasteiger partial charge in [0.05, 0.1) is 5.92 Å². The number of hydrogen-bond acceptors (Lipinski definition) is 2. The molecule has 0 aromatic heterocycles. The molecule has 0 radical (unpaired) electrons. The Hall–Kier alpha value is -2.19. The molecular weight excluding hydrogens is 453 g/mol. The average molecular weight is 480 g/mol. The molecule has 2 aliphatic carbocycles.